The molecule has 2 N–H and O–H groups in total. The Labute approximate surface area is 96.3 Å². The molecule has 0 aliphatic carbocycles. The minimum absolute atomic E-state index is 0.440. The predicted molar refractivity (Wildman–Crippen MR) is 55.2 cm³/mol. The van der Waals surface area contributed by atoms with Crippen LogP contribution in [0.15, 0.2) is 18.2 Å². The fraction of sp³-hybridized carbons (Fsp3) is 0.273. The lowest BCUT2D eigenvalue weighted by Crippen LogP contribution is -2.29. The number of carboxylic acids is 1. The van der Waals surface area contributed by atoms with Gasteiger partial charge in [-0.05, 0) is 12.1 Å². The lowest BCUT2D eigenvalue weighted by Gasteiger charge is -2.17. The molecule has 0 heterocycles. The van der Waals surface area contributed by atoms with E-state index >= 15 is 0 Å². The first-order chi connectivity index (χ1) is 7.91. The second-order valence-corrected chi connectivity index (χ2v) is 3.49. The van der Waals surface area contributed by atoms with E-state index < -0.39 is 41.5 Å². The molecular formula is C11H11F2NO3. The highest BCUT2D eigenvalue weighted by Gasteiger charge is 2.23. The lowest BCUT2D eigenvalue weighted by atomic mass is 10.0. The number of carboxylic acid groups (broad SMARTS) is 1. The Bertz CT molecular complexity index is 412. The van der Waals surface area contributed by atoms with Crippen LogP contribution < -0.4 is 5.32 Å². The van der Waals surface area contributed by atoms with Gasteiger partial charge < -0.3 is 10.4 Å². The van der Waals surface area contributed by atoms with Gasteiger partial charge in [0, 0.05) is 12.5 Å². The third-order valence-electron chi connectivity index (χ3n) is 2.10. The molecule has 0 saturated carbocycles. The molecule has 4 nitrogen and oxygen atoms in total. The Hall–Kier alpha value is -1.98. The Morgan fingerprint density at radius 1 is 1.35 bits per heavy atom. The number of carbonyl (C=O) groups excluding carboxylic acids is 1. The predicted octanol–water partition coefficient (Wildman–Crippen LogP) is 1.62. The molecule has 0 aromatic heterocycles. The van der Waals surface area contributed by atoms with Crippen molar-refractivity contribution in [3.63, 3.8) is 0 Å². The van der Waals surface area contributed by atoms with Gasteiger partial charge in [-0.15, -0.1) is 0 Å². The second-order valence-electron chi connectivity index (χ2n) is 3.49. The van der Waals surface area contributed by atoms with Crippen LogP contribution in [0, 0.1) is 11.6 Å². The van der Waals surface area contributed by atoms with Gasteiger partial charge >= 0.3 is 5.97 Å². The minimum Gasteiger partial charge on any atom is -0.481 e. The molecular weight excluding hydrogens is 232 g/mol. The van der Waals surface area contributed by atoms with Crippen LogP contribution in [0.3, 0.4) is 0 Å². The Morgan fingerprint density at radius 3 is 2.29 bits per heavy atom. The van der Waals surface area contributed by atoms with Gasteiger partial charge in [0.1, 0.15) is 11.6 Å². The highest BCUT2D eigenvalue weighted by molar-refractivity contribution is 5.75. The molecule has 0 bridgehead atoms. The molecule has 1 rings (SSSR count). The van der Waals surface area contributed by atoms with Gasteiger partial charge in [0.2, 0.25) is 5.91 Å². The van der Waals surface area contributed by atoms with E-state index in [1.165, 1.54) is 6.07 Å². The van der Waals surface area contributed by atoms with Crippen molar-refractivity contribution < 1.29 is 23.5 Å². The van der Waals surface area contributed by atoms with Crippen molar-refractivity contribution in [2.24, 2.45) is 0 Å². The molecule has 92 valence electrons. The monoisotopic (exact) mass is 243 g/mol. The van der Waals surface area contributed by atoms with E-state index in [2.05, 4.69) is 5.32 Å². The number of halogens is 2. The third-order valence-corrected chi connectivity index (χ3v) is 2.10. The van der Waals surface area contributed by atoms with Crippen molar-refractivity contribution in [1.29, 1.82) is 0 Å². The maximum absolute atomic E-state index is 13.4. The summed E-state index contributed by atoms with van der Waals surface area (Å²) in [5.41, 5.74) is -0.440. The van der Waals surface area contributed by atoms with Crippen LogP contribution in [0.1, 0.15) is 24.9 Å². The molecule has 0 saturated heterocycles. The summed E-state index contributed by atoms with van der Waals surface area (Å²) >= 11 is 0. The average molecular weight is 243 g/mol. The number of amides is 1. The van der Waals surface area contributed by atoms with Gasteiger partial charge in [0.25, 0.3) is 0 Å². The minimum atomic E-state index is -1.26. The van der Waals surface area contributed by atoms with Crippen LogP contribution in [0.5, 0.6) is 0 Å². The van der Waals surface area contributed by atoms with E-state index in [1.807, 2.05) is 0 Å². The first kappa shape index (κ1) is 13.1. The van der Waals surface area contributed by atoms with Crippen molar-refractivity contribution in [3.8, 4) is 0 Å². The molecule has 17 heavy (non-hydrogen) atoms. The summed E-state index contributed by atoms with van der Waals surface area (Å²) in [4.78, 5) is 21.5. The summed E-state index contributed by atoms with van der Waals surface area (Å²) in [5.74, 6) is -3.58. The third kappa shape index (κ3) is 3.51. The number of hydrogen-bond acceptors (Lipinski definition) is 2. The van der Waals surface area contributed by atoms with E-state index in [9.17, 15) is 18.4 Å². The summed E-state index contributed by atoms with van der Waals surface area (Å²) in [5, 5.41) is 10.9. The van der Waals surface area contributed by atoms with E-state index in [1.54, 1.807) is 0 Å². The molecule has 0 spiro atoms. The molecule has 1 aromatic rings. The highest BCUT2D eigenvalue weighted by Crippen LogP contribution is 2.23. The number of hydrogen-bond donors (Lipinski definition) is 2. The van der Waals surface area contributed by atoms with Crippen LogP contribution in [-0.4, -0.2) is 17.0 Å². The standard InChI is InChI=1S/C11H11F2NO3/c1-6(15)14-9(5-10(16)17)11-7(12)3-2-4-8(11)13/h2-4,9H,5H2,1H3,(H,14,15)(H,16,17). The van der Waals surface area contributed by atoms with Gasteiger partial charge in [0.05, 0.1) is 12.5 Å². The fourth-order valence-corrected chi connectivity index (χ4v) is 1.49. The smallest absolute Gasteiger partial charge is 0.305 e. The molecule has 1 amide bonds. The zero-order valence-electron chi connectivity index (χ0n) is 9.04. The maximum Gasteiger partial charge on any atom is 0.305 e. The molecule has 0 radical (unpaired) electrons. The van der Waals surface area contributed by atoms with E-state index in [0.29, 0.717) is 0 Å². The SMILES string of the molecule is CC(=O)NC(CC(=O)O)c1c(F)cccc1F. The Kier molecular flexibility index (Phi) is 4.14. The Balaban J connectivity index is 3.11. The van der Waals surface area contributed by atoms with Crippen molar-refractivity contribution in [3.05, 3.63) is 35.4 Å². The maximum atomic E-state index is 13.4. The van der Waals surface area contributed by atoms with Gasteiger partial charge in [0.15, 0.2) is 0 Å². The second kappa shape index (κ2) is 5.38. The van der Waals surface area contributed by atoms with Gasteiger partial charge in [-0.2, -0.15) is 0 Å². The van der Waals surface area contributed by atoms with Crippen molar-refractivity contribution in [2.45, 2.75) is 19.4 Å². The van der Waals surface area contributed by atoms with E-state index in [0.717, 1.165) is 19.1 Å². The highest BCUT2D eigenvalue weighted by atomic mass is 19.1. The molecule has 1 aromatic carbocycles. The number of nitrogens with one attached hydrogen (secondary N) is 1. The summed E-state index contributed by atoms with van der Waals surface area (Å²) in [6.45, 7) is 1.15. The van der Waals surface area contributed by atoms with Crippen molar-refractivity contribution in [2.75, 3.05) is 0 Å². The van der Waals surface area contributed by atoms with E-state index in [-0.39, 0.29) is 0 Å². The first-order valence-corrected chi connectivity index (χ1v) is 4.84. The first-order valence-electron chi connectivity index (χ1n) is 4.84. The molecule has 0 aliphatic rings. The zero-order chi connectivity index (χ0) is 13.0. The summed E-state index contributed by atoms with van der Waals surface area (Å²) < 4.78 is 26.8. The Morgan fingerprint density at radius 2 is 1.88 bits per heavy atom. The summed E-state index contributed by atoms with van der Waals surface area (Å²) in [7, 11) is 0. The van der Waals surface area contributed by atoms with Gasteiger partial charge in [-0.3, -0.25) is 9.59 Å². The largest absolute Gasteiger partial charge is 0.481 e. The number of benzene rings is 1. The van der Waals surface area contributed by atoms with Gasteiger partial charge in [-0.1, -0.05) is 6.07 Å². The quantitative estimate of drug-likeness (QED) is 0.844. The number of carbonyl (C=O) groups is 2. The zero-order valence-corrected chi connectivity index (χ0v) is 9.04. The molecule has 0 fully saturated rings. The normalized spacial score (nSPS) is 11.9. The fourth-order valence-electron chi connectivity index (χ4n) is 1.49. The molecule has 1 atom stereocenters. The van der Waals surface area contributed by atoms with Crippen LogP contribution in [0.4, 0.5) is 8.78 Å². The van der Waals surface area contributed by atoms with Crippen molar-refractivity contribution >= 4 is 11.9 Å². The summed E-state index contributed by atoms with van der Waals surface area (Å²) in [6, 6.07) is 1.97. The van der Waals surface area contributed by atoms with Crippen LogP contribution in [0.25, 0.3) is 0 Å². The number of rotatable bonds is 4. The van der Waals surface area contributed by atoms with Gasteiger partial charge in [-0.25, -0.2) is 8.78 Å². The molecule has 6 heteroatoms. The lowest BCUT2D eigenvalue weighted by molar-refractivity contribution is -0.137. The van der Waals surface area contributed by atoms with Crippen LogP contribution >= 0.6 is 0 Å². The van der Waals surface area contributed by atoms with Crippen LogP contribution in [0.2, 0.25) is 0 Å². The molecule has 1 unspecified atom stereocenters. The number of aliphatic carboxylic acids is 1. The topological polar surface area (TPSA) is 66.4 Å². The van der Waals surface area contributed by atoms with E-state index in [4.69, 9.17) is 5.11 Å². The molecule has 0 aliphatic heterocycles. The van der Waals surface area contributed by atoms with Crippen LogP contribution in [-0.2, 0) is 9.59 Å². The van der Waals surface area contributed by atoms with Crippen molar-refractivity contribution in [1.82, 2.24) is 5.32 Å². The average Bonchev–Trinajstić information content (AvgIpc) is 2.14. The summed E-state index contributed by atoms with van der Waals surface area (Å²) in [6.07, 6.45) is -0.586.